The monoisotopic (exact) mass is 500 g/mol. The summed E-state index contributed by atoms with van der Waals surface area (Å²) in [5.74, 6) is -2.26. The van der Waals surface area contributed by atoms with E-state index in [-0.39, 0.29) is 49.7 Å². The number of carbonyl (C=O) groups is 2. The van der Waals surface area contributed by atoms with Crippen LogP contribution < -0.4 is 4.90 Å². The molecule has 0 spiro atoms. The minimum atomic E-state index is -5.01. The zero-order valence-corrected chi connectivity index (χ0v) is 18.2. The third-order valence-electron chi connectivity index (χ3n) is 5.19. The number of pyridine rings is 1. The van der Waals surface area contributed by atoms with Gasteiger partial charge in [0.15, 0.2) is 5.69 Å². The summed E-state index contributed by atoms with van der Waals surface area (Å²) >= 11 is 0. The Labute approximate surface area is 195 Å². The second kappa shape index (κ2) is 9.81. The highest BCUT2D eigenvalue weighted by atomic mass is 19.4. The molecule has 1 fully saturated rings. The Morgan fingerprint density at radius 3 is 2.26 bits per heavy atom. The van der Waals surface area contributed by atoms with Crippen molar-refractivity contribution < 1.29 is 40.7 Å². The van der Waals surface area contributed by atoms with E-state index < -0.39 is 41.0 Å². The van der Waals surface area contributed by atoms with E-state index in [1.54, 1.807) is 6.07 Å². The number of ether oxygens (including phenoxy) is 1. The number of hydrogen-bond acceptors (Lipinski definition) is 6. The van der Waals surface area contributed by atoms with E-state index in [9.17, 15) is 41.2 Å². The first-order chi connectivity index (χ1) is 16.4. The zero-order valence-electron chi connectivity index (χ0n) is 18.2. The number of halogens is 6. The van der Waals surface area contributed by atoms with Crippen molar-refractivity contribution in [3.05, 3.63) is 58.3 Å². The molecular formula is C22H18F6N4O3. The summed E-state index contributed by atoms with van der Waals surface area (Å²) in [6.45, 7) is 1.08. The summed E-state index contributed by atoms with van der Waals surface area (Å²) in [6, 6.07) is 6.40. The average molecular weight is 500 g/mol. The first-order valence-corrected chi connectivity index (χ1v) is 10.3. The number of aromatic nitrogens is 1. The van der Waals surface area contributed by atoms with Gasteiger partial charge in [-0.15, -0.1) is 0 Å². The quantitative estimate of drug-likeness (QED) is 0.464. The minimum Gasteiger partial charge on any atom is -0.462 e. The van der Waals surface area contributed by atoms with E-state index in [0.29, 0.717) is 0 Å². The first kappa shape index (κ1) is 25.8. The molecule has 2 heterocycles. The first-order valence-electron chi connectivity index (χ1n) is 10.3. The van der Waals surface area contributed by atoms with Crippen LogP contribution >= 0.6 is 0 Å². The highest BCUT2D eigenvalue weighted by Crippen LogP contribution is 2.34. The molecule has 1 aromatic heterocycles. The van der Waals surface area contributed by atoms with Gasteiger partial charge in [0.2, 0.25) is 0 Å². The number of hydrogen-bond donors (Lipinski definition) is 0. The molecule has 1 saturated heterocycles. The molecular weight excluding hydrogens is 482 g/mol. The number of rotatable bonds is 4. The van der Waals surface area contributed by atoms with Crippen LogP contribution in [0.1, 0.15) is 44.5 Å². The molecule has 1 aromatic carbocycles. The molecule has 0 saturated carbocycles. The number of nitrogens with zero attached hydrogens (tertiary/aromatic N) is 4. The van der Waals surface area contributed by atoms with Gasteiger partial charge in [-0.25, -0.2) is 9.78 Å². The van der Waals surface area contributed by atoms with Crippen molar-refractivity contribution in [2.24, 2.45) is 0 Å². The Balaban J connectivity index is 1.84. The summed E-state index contributed by atoms with van der Waals surface area (Å²) in [4.78, 5) is 30.9. The number of amides is 1. The van der Waals surface area contributed by atoms with Gasteiger partial charge in [0, 0.05) is 31.7 Å². The smallest absolute Gasteiger partial charge is 0.434 e. The second-order valence-corrected chi connectivity index (χ2v) is 7.44. The number of nitriles is 1. The number of anilines is 1. The number of piperazine rings is 1. The van der Waals surface area contributed by atoms with Crippen molar-refractivity contribution in [1.29, 1.82) is 5.26 Å². The van der Waals surface area contributed by atoms with E-state index >= 15 is 0 Å². The van der Waals surface area contributed by atoms with Gasteiger partial charge >= 0.3 is 18.3 Å². The van der Waals surface area contributed by atoms with Gasteiger partial charge in [-0.05, 0) is 31.2 Å². The van der Waals surface area contributed by atoms with Gasteiger partial charge in [0.25, 0.3) is 5.91 Å². The molecule has 2 aromatic rings. The molecule has 7 nitrogen and oxygen atoms in total. The van der Waals surface area contributed by atoms with E-state index in [0.717, 1.165) is 24.3 Å². The molecule has 0 aliphatic carbocycles. The van der Waals surface area contributed by atoms with Crippen LogP contribution in [0.25, 0.3) is 0 Å². The van der Waals surface area contributed by atoms with Crippen molar-refractivity contribution in [3.63, 3.8) is 0 Å². The third-order valence-corrected chi connectivity index (χ3v) is 5.19. The van der Waals surface area contributed by atoms with Crippen molar-refractivity contribution in [2.45, 2.75) is 19.3 Å². The lowest BCUT2D eigenvalue weighted by atomic mass is 10.1. The summed E-state index contributed by atoms with van der Waals surface area (Å²) in [5, 5.41) is 9.45. The fraction of sp³-hybridized carbons (Fsp3) is 0.364. The lowest BCUT2D eigenvalue weighted by Crippen LogP contribution is -2.49. The van der Waals surface area contributed by atoms with Crippen LogP contribution in [0.5, 0.6) is 0 Å². The molecule has 1 amide bonds. The van der Waals surface area contributed by atoms with Gasteiger partial charge < -0.3 is 14.5 Å². The van der Waals surface area contributed by atoms with Gasteiger partial charge in [0.1, 0.15) is 11.9 Å². The average Bonchev–Trinajstić information content (AvgIpc) is 2.82. The van der Waals surface area contributed by atoms with Gasteiger partial charge in [0.05, 0.1) is 23.3 Å². The fourth-order valence-corrected chi connectivity index (χ4v) is 3.54. The predicted molar refractivity (Wildman–Crippen MR) is 109 cm³/mol. The number of alkyl halides is 6. The van der Waals surface area contributed by atoms with Crippen LogP contribution in [0.4, 0.5) is 32.2 Å². The lowest BCUT2D eigenvalue weighted by Gasteiger charge is -2.36. The molecule has 1 aliphatic heterocycles. The lowest BCUT2D eigenvalue weighted by molar-refractivity contribution is -0.141. The predicted octanol–water partition coefficient (Wildman–Crippen LogP) is 4.13. The Hall–Kier alpha value is -3.82. The van der Waals surface area contributed by atoms with Crippen LogP contribution in [-0.2, 0) is 17.1 Å². The number of carbonyl (C=O) groups excluding carboxylic acids is 2. The van der Waals surface area contributed by atoms with E-state index in [1.165, 1.54) is 22.8 Å². The number of esters is 1. The van der Waals surface area contributed by atoms with Gasteiger partial charge in [-0.1, -0.05) is 6.07 Å². The summed E-state index contributed by atoms with van der Waals surface area (Å²) in [7, 11) is 0. The van der Waals surface area contributed by atoms with Crippen molar-refractivity contribution in [1.82, 2.24) is 9.88 Å². The van der Waals surface area contributed by atoms with E-state index in [1.807, 2.05) is 0 Å². The molecule has 0 unspecified atom stereocenters. The normalized spacial score (nSPS) is 14.5. The zero-order chi connectivity index (χ0) is 26.0. The molecule has 186 valence electrons. The minimum absolute atomic E-state index is 0.0391. The fourth-order valence-electron chi connectivity index (χ4n) is 3.54. The maximum atomic E-state index is 13.6. The molecule has 1 aliphatic rings. The molecule has 0 N–H and O–H groups in total. The van der Waals surface area contributed by atoms with Crippen LogP contribution in [0, 0.1) is 11.3 Å². The molecule has 35 heavy (non-hydrogen) atoms. The van der Waals surface area contributed by atoms with Crippen LogP contribution in [-0.4, -0.2) is 54.5 Å². The molecule has 3 rings (SSSR count). The molecule has 0 atom stereocenters. The van der Waals surface area contributed by atoms with Crippen LogP contribution in [0.2, 0.25) is 0 Å². The molecule has 13 heteroatoms. The standard InChI is InChI=1S/C22H18F6N4O3/c1-2-35-20(34)16-11-14(12-29)18(30-17(16)22(26,27)28)31-6-8-32(9-7-31)19(33)13-4-3-5-15(10-13)21(23,24)25/h3-5,10-11H,2,6-9H2,1H3. The van der Waals surface area contributed by atoms with E-state index in [4.69, 9.17) is 0 Å². The second-order valence-electron chi connectivity index (χ2n) is 7.44. The Bertz CT molecular complexity index is 1170. The maximum Gasteiger partial charge on any atom is 0.434 e. The third kappa shape index (κ3) is 5.64. The van der Waals surface area contributed by atoms with Crippen molar-refractivity contribution in [2.75, 3.05) is 37.7 Å². The van der Waals surface area contributed by atoms with Crippen LogP contribution in [0.3, 0.4) is 0 Å². The van der Waals surface area contributed by atoms with Gasteiger partial charge in [-0.3, -0.25) is 4.79 Å². The largest absolute Gasteiger partial charge is 0.462 e. The Morgan fingerprint density at radius 1 is 1.06 bits per heavy atom. The SMILES string of the molecule is CCOC(=O)c1cc(C#N)c(N2CCN(C(=O)c3cccc(C(F)(F)F)c3)CC2)nc1C(F)(F)F. The summed E-state index contributed by atoms with van der Waals surface area (Å²) in [5.41, 5.74) is -3.85. The highest BCUT2D eigenvalue weighted by molar-refractivity contribution is 5.94. The topological polar surface area (TPSA) is 86.5 Å². The van der Waals surface area contributed by atoms with E-state index in [2.05, 4.69) is 9.72 Å². The van der Waals surface area contributed by atoms with Crippen LogP contribution in [0.15, 0.2) is 30.3 Å². The summed E-state index contributed by atoms with van der Waals surface area (Å²) < 4.78 is 84.3. The maximum absolute atomic E-state index is 13.6. The molecule has 0 radical (unpaired) electrons. The molecule has 0 bridgehead atoms. The van der Waals surface area contributed by atoms with Crippen molar-refractivity contribution in [3.8, 4) is 6.07 Å². The Kier molecular flexibility index (Phi) is 7.23. The van der Waals surface area contributed by atoms with Crippen molar-refractivity contribution >= 4 is 17.7 Å². The van der Waals surface area contributed by atoms with Gasteiger partial charge in [-0.2, -0.15) is 31.6 Å². The highest BCUT2D eigenvalue weighted by Gasteiger charge is 2.40. The summed E-state index contributed by atoms with van der Waals surface area (Å²) in [6.07, 6.45) is -9.63. The Morgan fingerprint density at radius 2 is 1.71 bits per heavy atom. The number of benzene rings is 1.